The van der Waals surface area contributed by atoms with Crippen LogP contribution in [0.2, 0.25) is 0 Å². The molecule has 0 aliphatic heterocycles. The summed E-state index contributed by atoms with van der Waals surface area (Å²) in [5.74, 6) is 0.197. The molecule has 0 aliphatic rings. The number of aryl methyl sites for hydroxylation is 1. The summed E-state index contributed by atoms with van der Waals surface area (Å²) in [5, 5.41) is 19.7. The summed E-state index contributed by atoms with van der Waals surface area (Å²) in [5.41, 5.74) is 7.67. The Bertz CT molecular complexity index is 1610. The van der Waals surface area contributed by atoms with E-state index in [0.717, 1.165) is 10.9 Å². The van der Waals surface area contributed by atoms with Gasteiger partial charge in [0.05, 0.1) is 11.1 Å². The maximum absolute atomic E-state index is 12.9. The van der Waals surface area contributed by atoms with E-state index >= 15 is 0 Å². The van der Waals surface area contributed by atoms with Crippen LogP contribution in [0.15, 0.2) is 94.0 Å². The van der Waals surface area contributed by atoms with E-state index in [9.17, 15) is 13.5 Å². The van der Waals surface area contributed by atoms with Gasteiger partial charge in [0, 0.05) is 0 Å². The first-order valence-corrected chi connectivity index (χ1v) is 12.3. The fraction of sp³-hybridized carbons (Fsp3) is 0.0435. The topological polar surface area (TPSA) is 166 Å². The Labute approximate surface area is 202 Å². The molecule has 4 aromatic rings. The molecule has 12 heteroatoms. The van der Waals surface area contributed by atoms with Gasteiger partial charge in [-0.15, -0.1) is 22.9 Å². The highest BCUT2D eigenvalue weighted by Crippen LogP contribution is 2.39. The number of anilines is 1. The van der Waals surface area contributed by atoms with Gasteiger partial charge in [0.15, 0.2) is 0 Å². The van der Waals surface area contributed by atoms with Crippen LogP contribution in [0.1, 0.15) is 5.56 Å². The van der Waals surface area contributed by atoms with Gasteiger partial charge in [0.25, 0.3) is 0 Å². The predicted molar refractivity (Wildman–Crippen MR) is 129 cm³/mol. The van der Waals surface area contributed by atoms with Crippen LogP contribution in [0, 0.1) is 6.92 Å². The van der Waals surface area contributed by atoms with Crippen LogP contribution < -0.4 is 9.92 Å². The van der Waals surface area contributed by atoms with Crippen LogP contribution in [0.4, 0.5) is 17.1 Å². The van der Waals surface area contributed by atoms with Gasteiger partial charge in [-0.25, -0.2) is 0 Å². The van der Waals surface area contributed by atoms with Crippen molar-refractivity contribution in [2.75, 3.05) is 5.73 Å². The number of nitrogens with two attached hydrogens (primary N) is 1. The van der Waals surface area contributed by atoms with E-state index < -0.39 is 20.7 Å². The summed E-state index contributed by atoms with van der Waals surface area (Å²) in [6, 6.07) is 21.2. The van der Waals surface area contributed by atoms with E-state index in [2.05, 4.69) is 10.2 Å². The van der Waals surface area contributed by atoms with Crippen molar-refractivity contribution in [1.29, 1.82) is 0 Å². The Balaban J connectivity index is 0.000000795. The smallest absolute Gasteiger partial charge is 0.425 e. The number of rotatable bonds is 5. The molecule has 3 N–H and O–H groups in total. The summed E-state index contributed by atoms with van der Waals surface area (Å²) < 4.78 is 56.3. The molecule has 0 bridgehead atoms. The summed E-state index contributed by atoms with van der Waals surface area (Å²) in [7, 11) is -7.27. The summed E-state index contributed by atoms with van der Waals surface area (Å²) in [6.45, 7) is 1.89. The van der Waals surface area contributed by atoms with Crippen LogP contribution in [-0.2, 0) is 20.7 Å². The first-order chi connectivity index (χ1) is 16.6. The molecule has 0 heterocycles. The molecule has 0 saturated carbocycles. The van der Waals surface area contributed by atoms with E-state index in [0.29, 0.717) is 11.1 Å². The molecule has 0 atom stereocenters. The summed E-state index contributed by atoms with van der Waals surface area (Å²) in [6.07, 6.45) is 0. The van der Waals surface area contributed by atoms with Gasteiger partial charge in [0.2, 0.25) is 0 Å². The average Bonchev–Trinajstić information content (AvgIpc) is 2.80. The Morgan fingerprint density at radius 2 is 1.51 bits per heavy atom. The highest BCUT2D eigenvalue weighted by Gasteiger charge is 2.21. The number of fused-ring (bicyclic) bond motifs is 1. The van der Waals surface area contributed by atoms with Crippen LogP contribution in [0.25, 0.3) is 10.8 Å². The van der Waals surface area contributed by atoms with E-state index in [1.165, 1.54) is 18.2 Å². The first kappa shape index (κ1) is 25.3. The average molecular weight is 514 g/mol. The van der Waals surface area contributed by atoms with Crippen LogP contribution in [-0.4, -0.2) is 26.2 Å². The Kier molecular flexibility index (Phi) is 7.79. The second-order valence-electron chi connectivity index (χ2n) is 7.10. The van der Waals surface area contributed by atoms with E-state index in [1.807, 2.05) is 6.92 Å². The van der Waals surface area contributed by atoms with Gasteiger partial charge in [-0.3, -0.25) is 0 Å². The third kappa shape index (κ3) is 6.40. The standard InChI is InChI=1S/C23H19N3O4S.O3S/c1-15-9-12-17(13-10-15)30-31(28,29)21-8-3-2-6-19(21)25-26-23-18(24)14-11-16-5-4-7-20(27)22(16)23;1-4(2)3/h2-14,27H,24H2,1H3;. The number of phenols is 1. The number of nitrogen functional groups attached to an aromatic ring is 1. The van der Waals surface area contributed by atoms with Crippen molar-refractivity contribution < 1.29 is 30.3 Å². The molecule has 4 aromatic carbocycles. The number of hydrogen-bond acceptors (Lipinski definition) is 10. The molecule has 10 nitrogen and oxygen atoms in total. The molecule has 0 fully saturated rings. The fourth-order valence-electron chi connectivity index (χ4n) is 3.09. The summed E-state index contributed by atoms with van der Waals surface area (Å²) in [4.78, 5) is -0.137. The highest BCUT2D eigenvalue weighted by atomic mass is 32.2. The van der Waals surface area contributed by atoms with Crippen molar-refractivity contribution >= 4 is 48.6 Å². The van der Waals surface area contributed by atoms with Gasteiger partial charge in [0.1, 0.15) is 27.8 Å². The number of phenolic OH excluding ortho intramolecular Hbond substituents is 1. The molecule has 0 saturated heterocycles. The van der Waals surface area contributed by atoms with Crippen LogP contribution in [0.3, 0.4) is 0 Å². The van der Waals surface area contributed by atoms with Crippen molar-refractivity contribution in [2.45, 2.75) is 11.8 Å². The Morgan fingerprint density at radius 1 is 0.857 bits per heavy atom. The number of nitrogens with zero attached hydrogens (tertiary/aromatic N) is 2. The zero-order valence-electron chi connectivity index (χ0n) is 18.2. The van der Waals surface area contributed by atoms with E-state index in [4.69, 9.17) is 22.5 Å². The normalized spacial score (nSPS) is 11.1. The van der Waals surface area contributed by atoms with Crippen LogP contribution >= 0.6 is 0 Å². The molecular weight excluding hydrogens is 494 g/mol. The van der Waals surface area contributed by atoms with Crippen molar-refractivity contribution in [3.8, 4) is 11.5 Å². The van der Waals surface area contributed by atoms with E-state index in [1.54, 1.807) is 60.7 Å². The Hall–Kier alpha value is -4.29. The third-order valence-electron chi connectivity index (χ3n) is 4.65. The minimum Gasteiger partial charge on any atom is -0.507 e. The zero-order valence-corrected chi connectivity index (χ0v) is 19.8. The minimum atomic E-state index is -4.16. The predicted octanol–water partition coefficient (Wildman–Crippen LogP) is 4.62. The van der Waals surface area contributed by atoms with Crippen molar-refractivity contribution in [3.63, 3.8) is 0 Å². The number of hydrogen-bond donors (Lipinski definition) is 2. The molecular formula is C23H19N3O7S2. The molecule has 180 valence electrons. The van der Waals surface area contributed by atoms with Crippen molar-refractivity contribution in [1.82, 2.24) is 0 Å². The molecule has 0 radical (unpaired) electrons. The fourth-order valence-corrected chi connectivity index (χ4v) is 4.15. The highest BCUT2D eigenvalue weighted by molar-refractivity contribution is 7.87. The number of benzene rings is 4. The van der Waals surface area contributed by atoms with Gasteiger partial charge >= 0.3 is 20.7 Å². The number of aromatic hydroxyl groups is 1. The van der Waals surface area contributed by atoms with Gasteiger partial charge in [-0.2, -0.15) is 8.42 Å². The largest absolute Gasteiger partial charge is 0.507 e. The lowest BCUT2D eigenvalue weighted by atomic mass is 10.1. The molecule has 0 spiro atoms. The second kappa shape index (κ2) is 10.8. The molecule has 4 rings (SSSR count). The van der Waals surface area contributed by atoms with Crippen molar-refractivity contribution in [2.24, 2.45) is 10.2 Å². The lowest BCUT2D eigenvalue weighted by Crippen LogP contribution is -2.09. The quantitative estimate of drug-likeness (QED) is 0.222. The maximum Gasteiger partial charge on any atom is 0.425 e. The molecule has 0 aromatic heterocycles. The van der Waals surface area contributed by atoms with Gasteiger partial charge in [-0.1, -0.05) is 48.0 Å². The lowest BCUT2D eigenvalue weighted by molar-refractivity contribution is 0.481. The first-order valence-electron chi connectivity index (χ1n) is 9.87. The molecule has 0 amide bonds. The lowest BCUT2D eigenvalue weighted by Gasteiger charge is -2.09. The monoisotopic (exact) mass is 513 g/mol. The third-order valence-corrected chi connectivity index (χ3v) is 5.94. The van der Waals surface area contributed by atoms with Gasteiger partial charge in [-0.05, 0) is 48.7 Å². The number of azo groups is 1. The Morgan fingerprint density at radius 3 is 2.20 bits per heavy atom. The minimum absolute atomic E-state index is 0.00219. The van der Waals surface area contributed by atoms with E-state index in [-0.39, 0.29) is 27.8 Å². The molecule has 0 unspecified atom stereocenters. The second-order valence-corrected chi connectivity index (χ2v) is 9.02. The van der Waals surface area contributed by atoms with Crippen LogP contribution in [0.5, 0.6) is 11.5 Å². The van der Waals surface area contributed by atoms with Gasteiger partial charge < -0.3 is 15.0 Å². The molecule has 0 aliphatic carbocycles. The van der Waals surface area contributed by atoms with Crippen molar-refractivity contribution in [3.05, 3.63) is 84.4 Å². The maximum atomic E-state index is 12.9. The molecule has 35 heavy (non-hydrogen) atoms. The SMILES string of the molecule is Cc1ccc(OS(=O)(=O)c2ccccc2N=Nc2c(N)ccc3cccc(O)c23)cc1.O=S(=O)=O. The zero-order chi connectivity index (χ0) is 25.6. The summed E-state index contributed by atoms with van der Waals surface area (Å²) >= 11 is 0.